The van der Waals surface area contributed by atoms with Gasteiger partial charge in [-0.3, -0.25) is 14.6 Å². The second-order valence-electron chi connectivity index (χ2n) is 7.86. The molecule has 0 unspecified atom stereocenters. The molecule has 1 atom stereocenters. The maximum atomic E-state index is 14.5. The first-order valence-electron chi connectivity index (χ1n) is 10.3. The van der Waals surface area contributed by atoms with E-state index in [2.05, 4.69) is 4.98 Å². The predicted molar refractivity (Wildman–Crippen MR) is 117 cm³/mol. The second-order valence-corrected chi connectivity index (χ2v) is 8.30. The number of nitrogens with two attached hydrogens (primary N) is 1. The Kier molecular flexibility index (Phi) is 6.31. The minimum atomic E-state index is -4.77. The van der Waals surface area contributed by atoms with Crippen molar-refractivity contribution in [2.45, 2.75) is 31.6 Å². The zero-order valence-corrected chi connectivity index (χ0v) is 18.3. The van der Waals surface area contributed by atoms with Gasteiger partial charge >= 0.3 is 6.18 Å². The Morgan fingerprint density at radius 3 is 2.59 bits per heavy atom. The average Bonchev–Trinajstić information content (AvgIpc) is 3.20. The lowest BCUT2D eigenvalue weighted by Crippen LogP contribution is -2.35. The van der Waals surface area contributed by atoms with Gasteiger partial charge in [0.15, 0.2) is 0 Å². The zero-order chi connectivity index (χ0) is 24.6. The van der Waals surface area contributed by atoms with Crippen molar-refractivity contribution in [2.24, 2.45) is 5.73 Å². The smallest absolute Gasteiger partial charge is 0.364 e. The number of carbonyl (C=O) groups excluding carboxylic acids is 2. The summed E-state index contributed by atoms with van der Waals surface area (Å²) in [6.07, 6.45) is -2.90. The van der Waals surface area contributed by atoms with Crippen LogP contribution in [-0.4, -0.2) is 21.7 Å². The van der Waals surface area contributed by atoms with E-state index >= 15 is 0 Å². The Hall–Kier alpha value is -3.46. The van der Waals surface area contributed by atoms with E-state index in [1.165, 1.54) is 41.4 Å². The molecule has 0 bridgehead atoms. The number of amides is 2. The molecule has 0 spiro atoms. The molecule has 2 amide bonds. The van der Waals surface area contributed by atoms with E-state index < -0.39 is 41.0 Å². The van der Waals surface area contributed by atoms with Crippen molar-refractivity contribution in [3.8, 4) is 0 Å². The first kappa shape index (κ1) is 23.7. The molecule has 2 N–H and O–H groups in total. The fourth-order valence-corrected chi connectivity index (χ4v) is 4.52. The summed E-state index contributed by atoms with van der Waals surface area (Å²) >= 11 is 6.04. The minimum absolute atomic E-state index is 0.102. The predicted octanol–water partition coefficient (Wildman–Crippen LogP) is 5.32. The molecule has 0 fully saturated rings. The lowest BCUT2D eigenvalue weighted by molar-refractivity contribution is -0.138. The summed E-state index contributed by atoms with van der Waals surface area (Å²) in [6.45, 7) is -0.268. The number of fused-ring (bicyclic) bond motifs is 1. The van der Waals surface area contributed by atoms with Gasteiger partial charge < -0.3 is 10.6 Å². The largest absolute Gasteiger partial charge is 0.417 e. The van der Waals surface area contributed by atoms with Gasteiger partial charge in [0.25, 0.3) is 11.8 Å². The summed E-state index contributed by atoms with van der Waals surface area (Å²) < 4.78 is 55.6. The Balaban J connectivity index is 1.85. The van der Waals surface area contributed by atoms with Crippen LogP contribution in [0.25, 0.3) is 0 Å². The Morgan fingerprint density at radius 1 is 1.15 bits per heavy atom. The third-order valence-electron chi connectivity index (χ3n) is 5.79. The molecular weight excluding hydrogens is 474 g/mol. The quantitative estimate of drug-likeness (QED) is 0.491. The van der Waals surface area contributed by atoms with Crippen molar-refractivity contribution in [1.82, 2.24) is 9.88 Å². The van der Waals surface area contributed by atoms with Crippen molar-refractivity contribution < 1.29 is 27.2 Å². The summed E-state index contributed by atoms with van der Waals surface area (Å²) in [5.41, 5.74) is 4.65. The maximum Gasteiger partial charge on any atom is 0.417 e. The van der Waals surface area contributed by atoms with Crippen molar-refractivity contribution >= 4 is 23.4 Å². The number of aromatic nitrogens is 1. The number of nitrogens with zero attached hydrogens (tertiary/aromatic N) is 2. The Morgan fingerprint density at radius 2 is 1.88 bits per heavy atom. The highest BCUT2D eigenvalue weighted by atomic mass is 35.5. The van der Waals surface area contributed by atoms with E-state index in [9.17, 15) is 27.2 Å². The van der Waals surface area contributed by atoms with Crippen molar-refractivity contribution in [3.63, 3.8) is 0 Å². The molecule has 1 heterocycles. The molecule has 4 rings (SSSR count). The van der Waals surface area contributed by atoms with Crippen LogP contribution in [0.1, 0.15) is 55.6 Å². The van der Waals surface area contributed by atoms with E-state index in [1.54, 1.807) is 0 Å². The molecule has 2 aromatic carbocycles. The van der Waals surface area contributed by atoms with Crippen LogP contribution in [0, 0.1) is 5.82 Å². The molecule has 1 aliphatic carbocycles. The molecular formula is C24H18ClF4N3O2. The summed E-state index contributed by atoms with van der Waals surface area (Å²) in [7, 11) is 0. The molecule has 3 aromatic rings. The van der Waals surface area contributed by atoms with Crippen LogP contribution in [0.5, 0.6) is 0 Å². The Labute approximate surface area is 197 Å². The third kappa shape index (κ3) is 4.48. The van der Waals surface area contributed by atoms with Gasteiger partial charge in [0.2, 0.25) is 0 Å². The summed E-state index contributed by atoms with van der Waals surface area (Å²) in [6, 6.07) is 9.35. The molecule has 10 heteroatoms. The first-order chi connectivity index (χ1) is 16.1. The summed E-state index contributed by atoms with van der Waals surface area (Å²) in [5.74, 6) is -2.32. The molecule has 0 saturated heterocycles. The molecule has 0 aliphatic heterocycles. The third-order valence-corrected chi connectivity index (χ3v) is 6.01. The standard InChI is InChI=1S/C24H18ClF4N3O2/c25-14-10-17-15(19(26)11-14)7-8-20(17)32(12-13-4-3-9-31-21(13)22(30)33)23(34)16-5-1-2-6-18(16)24(27,28)29/h1-6,9-11,20H,7-8,12H2,(H2,30,33)/t20-/m1/s1. The Bertz CT molecular complexity index is 1280. The van der Waals surface area contributed by atoms with Gasteiger partial charge in [-0.2, -0.15) is 13.2 Å². The molecule has 176 valence electrons. The van der Waals surface area contributed by atoms with Gasteiger partial charge in [-0.1, -0.05) is 29.8 Å². The van der Waals surface area contributed by atoms with Gasteiger partial charge in [0, 0.05) is 23.3 Å². The van der Waals surface area contributed by atoms with E-state index in [0.717, 1.165) is 18.2 Å². The van der Waals surface area contributed by atoms with Crippen LogP contribution < -0.4 is 5.73 Å². The fraction of sp³-hybridized carbons (Fsp3) is 0.208. The van der Waals surface area contributed by atoms with Gasteiger partial charge in [-0.15, -0.1) is 0 Å². The highest BCUT2D eigenvalue weighted by Crippen LogP contribution is 2.41. The van der Waals surface area contributed by atoms with Crippen molar-refractivity contribution in [3.05, 3.63) is 99.1 Å². The summed E-state index contributed by atoms with van der Waals surface area (Å²) in [4.78, 5) is 30.6. The molecule has 5 nitrogen and oxygen atoms in total. The fourth-order valence-electron chi connectivity index (χ4n) is 4.31. The van der Waals surface area contributed by atoms with E-state index in [1.807, 2.05) is 0 Å². The average molecular weight is 492 g/mol. The number of carbonyl (C=O) groups is 2. The molecule has 34 heavy (non-hydrogen) atoms. The molecule has 1 aliphatic rings. The van der Waals surface area contributed by atoms with Crippen LogP contribution in [0.4, 0.5) is 17.6 Å². The maximum absolute atomic E-state index is 14.5. The van der Waals surface area contributed by atoms with Crippen LogP contribution in [0.3, 0.4) is 0 Å². The topological polar surface area (TPSA) is 76.3 Å². The van der Waals surface area contributed by atoms with Crippen molar-refractivity contribution in [1.29, 1.82) is 0 Å². The highest BCUT2D eigenvalue weighted by Gasteiger charge is 2.39. The van der Waals surface area contributed by atoms with Crippen LogP contribution in [0.2, 0.25) is 5.02 Å². The number of pyridine rings is 1. The van der Waals surface area contributed by atoms with Crippen LogP contribution in [-0.2, 0) is 19.1 Å². The highest BCUT2D eigenvalue weighted by molar-refractivity contribution is 6.30. The summed E-state index contributed by atoms with van der Waals surface area (Å²) in [5, 5.41) is 0.102. The van der Waals surface area contributed by atoms with E-state index in [-0.39, 0.29) is 35.7 Å². The zero-order valence-electron chi connectivity index (χ0n) is 17.6. The van der Waals surface area contributed by atoms with Gasteiger partial charge in [-0.25, -0.2) is 4.39 Å². The lowest BCUT2D eigenvalue weighted by atomic mass is 10.0. The van der Waals surface area contributed by atoms with Gasteiger partial charge in [0.05, 0.1) is 17.2 Å². The van der Waals surface area contributed by atoms with E-state index in [0.29, 0.717) is 11.1 Å². The number of hydrogen-bond donors (Lipinski definition) is 1. The van der Waals surface area contributed by atoms with Crippen LogP contribution >= 0.6 is 11.6 Å². The number of alkyl halides is 3. The molecule has 0 radical (unpaired) electrons. The number of primary amides is 1. The van der Waals surface area contributed by atoms with E-state index in [4.69, 9.17) is 17.3 Å². The van der Waals surface area contributed by atoms with Crippen molar-refractivity contribution in [2.75, 3.05) is 0 Å². The molecule has 0 saturated carbocycles. The SMILES string of the molecule is NC(=O)c1ncccc1CN(C(=O)c1ccccc1C(F)(F)F)[C@@H]1CCc2c(F)cc(Cl)cc21. The second kappa shape index (κ2) is 9.06. The monoisotopic (exact) mass is 491 g/mol. The minimum Gasteiger partial charge on any atom is -0.364 e. The number of hydrogen-bond acceptors (Lipinski definition) is 3. The van der Waals surface area contributed by atoms with Crippen LogP contribution in [0.15, 0.2) is 54.7 Å². The number of halogens is 5. The van der Waals surface area contributed by atoms with Gasteiger partial charge in [-0.05, 0) is 54.3 Å². The lowest BCUT2D eigenvalue weighted by Gasteiger charge is -2.31. The number of benzene rings is 2. The normalized spacial score (nSPS) is 15.1. The molecule has 1 aromatic heterocycles. The van der Waals surface area contributed by atoms with Gasteiger partial charge in [0.1, 0.15) is 11.5 Å². The number of rotatable bonds is 5. The first-order valence-corrected chi connectivity index (χ1v) is 10.6.